The van der Waals surface area contributed by atoms with E-state index < -0.39 is 5.91 Å². The first-order valence-corrected chi connectivity index (χ1v) is 7.97. The first kappa shape index (κ1) is 15.6. The van der Waals surface area contributed by atoms with Crippen molar-refractivity contribution in [3.8, 4) is 0 Å². The van der Waals surface area contributed by atoms with Gasteiger partial charge in [0.05, 0.1) is 12.0 Å². The maximum atomic E-state index is 12.9. The third-order valence-corrected chi connectivity index (χ3v) is 4.09. The summed E-state index contributed by atoms with van der Waals surface area (Å²) >= 11 is 5.91. The summed E-state index contributed by atoms with van der Waals surface area (Å²) in [4.78, 5) is 28.5. The van der Waals surface area contributed by atoms with Gasteiger partial charge in [0.2, 0.25) is 0 Å². The van der Waals surface area contributed by atoms with Gasteiger partial charge in [-0.05, 0) is 55.7 Å². The summed E-state index contributed by atoms with van der Waals surface area (Å²) in [6, 6.07) is 9.48. The SMILES string of the molecule is O=C(c1ccco1)N(C(=O)N1CCCCC1)c1ccc(Cl)cc1. The molecular formula is C17H17ClN2O3. The van der Waals surface area contributed by atoms with Crippen LogP contribution in [0.15, 0.2) is 47.1 Å². The number of amides is 3. The number of urea groups is 1. The van der Waals surface area contributed by atoms with Crippen molar-refractivity contribution < 1.29 is 14.0 Å². The van der Waals surface area contributed by atoms with E-state index in [1.54, 1.807) is 41.3 Å². The lowest BCUT2D eigenvalue weighted by molar-refractivity contribution is 0.0957. The highest BCUT2D eigenvalue weighted by Crippen LogP contribution is 2.23. The zero-order chi connectivity index (χ0) is 16.2. The largest absolute Gasteiger partial charge is 0.459 e. The van der Waals surface area contributed by atoms with Crippen LogP contribution in [-0.2, 0) is 0 Å². The Kier molecular flexibility index (Phi) is 4.67. The quantitative estimate of drug-likeness (QED) is 0.828. The van der Waals surface area contributed by atoms with Gasteiger partial charge in [-0.25, -0.2) is 9.69 Å². The van der Waals surface area contributed by atoms with Crippen LogP contribution in [0.2, 0.25) is 5.02 Å². The molecule has 0 N–H and O–H groups in total. The van der Waals surface area contributed by atoms with Crippen molar-refractivity contribution in [3.05, 3.63) is 53.4 Å². The lowest BCUT2D eigenvalue weighted by Crippen LogP contribution is -2.48. The molecule has 1 aliphatic heterocycles. The lowest BCUT2D eigenvalue weighted by Gasteiger charge is -2.31. The first-order chi connectivity index (χ1) is 11.2. The lowest BCUT2D eigenvalue weighted by atomic mass is 10.1. The number of anilines is 1. The van der Waals surface area contributed by atoms with Crippen LogP contribution in [0.5, 0.6) is 0 Å². The molecule has 0 unspecified atom stereocenters. The Morgan fingerprint density at radius 2 is 1.74 bits per heavy atom. The van der Waals surface area contributed by atoms with E-state index >= 15 is 0 Å². The van der Waals surface area contributed by atoms with Crippen LogP contribution in [0.25, 0.3) is 0 Å². The number of furan rings is 1. The molecule has 2 aromatic rings. The molecule has 3 amide bonds. The Hall–Kier alpha value is -2.27. The second kappa shape index (κ2) is 6.87. The third kappa shape index (κ3) is 3.40. The van der Waals surface area contributed by atoms with E-state index in [1.807, 2.05) is 0 Å². The summed E-state index contributed by atoms with van der Waals surface area (Å²) in [5.74, 6) is -0.349. The van der Waals surface area contributed by atoms with Crippen LogP contribution >= 0.6 is 11.6 Å². The van der Waals surface area contributed by atoms with E-state index in [0.29, 0.717) is 23.8 Å². The number of benzene rings is 1. The zero-order valence-electron chi connectivity index (χ0n) is 12.6. The third-order valence-electron chi connectivity index (χ3n) is 3.84. The molecule has 3 rings (SSSR count). The number of nitrogens with zero attached hydrogens (tertiary/aromatic N) is 2. The van der Waals surface area contributed by atoms with Gasteiger partial charge >= 0.3 is 11.9 Å². The number of carbonyl (C=O) groups excluding carboxylic acids is 2. The van der Waals surface area contributed by atoms with Gasteiger partial charge in [-0.2, -0.15) is 0 Å². The number of halogens is 1. The van der Waals surface area contributed by atoms with Crippen LogP contribution < -0.4 is 4.90 Å². The van der Waals surface area contributed by atoms with Gasteiger partial charge < -0.3 is 9.32 Å². The second-order valence-corrected chi connectivity index (χ2v) is 5.86. The summed E-state index contributed by atoms with van der Waals surface area (Å²) in [6.07, 6.45) is 4.43. The highest BCUT2D eigenvalue weighted by atomic mass is 35.5. The van der Waals surface area contributed by atoms with Crippen LogP contribution in [0.4, 0.5) is 10.5 Å². The van der Waals surface area contributed by atoms with Crippen molar-refractivity contribution in [2.45, 2.75) is 19.3 Å². The summed E-state index contributed by atoms with van der Waals surface area (Å²) < 4.78 is 5.17. The summed E-state index contributed by atoms with van der Waals surface area (Å²) in [5.41, 5.74) is 0.478. The molecule has 0 radical (unpaired) electrons. The normalized spacial score (nSPS) is 14.6. The average Bonchev–Trinajstić information content (AvgIpc) is 3.12. The Bertz CT molecular complexity index is 676. The fraction of sp³-hybridized carbons (Fsp3) is 0.294. The molecule has 0 atom stereocenters. The molecule has 23 heavy (non-hydrogen) atoms. The fourth-order valence-corrected chi connectivity index (χ4v) is 2.77. The minimum atomic E-state index is -0.479. The molecule has 1 saturated heterocycles. The molecule has 0 bridgehead atoms. The number of hydrogen-bond donors (Lipinski definition) is 0. The number of hydrogen-bond acceptors (Lipinski definition) is 3. The van der Waals surface area contributed by atoms with E-state index in [9.17, 15) is 9.59 Å². The molecule has 120 valence electrons. The Balaban J connectivity index is 1.93. The van der Waals surface area contributed by atoms with Crippen LogP contribution in [0, 0.1) is 0 Å². The highest BCUT2D eigenvalue weighted by molar-refractivity contribution is 6.30. The molecule has 1 aromatic heterocycles. The molecule has 1 fully saturated rings. The monoisotopic (exact) mass is 332 g/mol. The molecular weight excluding hydrogens is 316 g/mol. The predicted octanol–water partition coefficient (Wildman–Crippen LogP) is 4.19. The maximum absolute atomic E-state index is 12.9. The second-order valence-electron chi connectivity index (χ2n) is 5.42. The van der Waals surface area contributed by atoms with E-state index in [2.05, 4.69) is 0 Å². The van der Waals surface area contributed by atoms with Crippen molar-refractivity contribution >= 4 is 29.2 Å². The van der Waals surface area contributed by atoms with Crippen molar-refractivity contribution in [2.75, 3.05) is 18.0 Å². The number of piperidine rings is 1. The molecule has 6 heteroatoms. The Morgan fingerprint density at radius 1 is 1.04 bits per heavy atom. The molecule has 0 saturated carbocycles. The number of imide groups is 1. The first-order valence-electron chi connectivity index (χ1n) is 7.59. The molecule has 2 heterocycles. The number of carbonyl (C=O) groups is 2. The van der Waals surface area contributed by atoms with Crippen molar-refractivity contribution in [1.29, 1.82) is 0 Å². The summed E-state index contributed by atoms with van der Waals surface area (Å²) in [6.45, 7) is 1.32. The van der Waals surface area contributed by atoms with E-state index in [-0.39, 0.29) is 11.8 Å². The van der Waals surface area contributed by atoms with Crippen molar-refractivity contribution in [1.82, 2.24) is 4.90 Å². The number of likely N-dealkylation sites (tertiary alicyclic amines) is 1. The smallest absolute Gasteiger partial charge is 0.331 e. The van der Waals surface area contributed by atoms with E-state index in [4.69, 9.17) is 16.0 Å². The minimum absolute atomic E-state index is 0.130. The summed E-state index contributed by atoms with van der Waals surface area (Å²) in [7, 11) is 0. The number of rotatable bonds is 2. The standard InChI is InChI=1S/C17H17ClN2O3/c18-13-6-8-14(9-7-13)20(16(21)15-5-4-12-23-15)17(22)19-10-2-1-3-11-19/h4-9,12H,1-3,10-11H2. The van der Waals surface area contributed by atoms with Gasteiger partial charge in [-0.3, -0.25) is 4.79 Å². The molecule has 0 spiro atoms. The Morgan fingerprint density at radius 3 is 2.35 bits per heavy atom. The van der Waals surface area contributed by atoms with Gasteiger partial charge in [0, 0.05) is 18.1 Å². The topological polar surface area (TPSA) is 53.8 Å². The van der Waals surface area contributed by atoms with Gasteiger partial charge in [-0.15, -0.1) is 0 Å². The van der Waals surface area contributed by atoms with Gasteiger partial charge in [0.1, 0.15) is 0 Å². The molecule has 1 aromatic carbocycles. The zero-order valence-corrected chi connectivity index (χ0v) is 13.3. The van der Waals surface area contributed by atoms with Gasteiger partial charge in [0.15, 0.2) is 5.76 Å². The fourth-order valence-electron chi connectivity index (χ4n) is 2.64. The van der Waals surface area contributed by atoms with Crippen LogP contribution in [0.1, 0.15) is 29.8 Å². The molecule has 1 aliphatic rings. The molecule has 5 nitrogen and oxygen atoms in total. The van der Waals surface area contributed by atoms with Gasteiger partial charge in [-0.1, -0.05) is 11.6 Å². The highest BCUT2D eigenvalue weighted by Gasteiger charge is 2.31. The summed E-state index contributed by atoms with van der Waals surface area (Å²) in [5, 5.41) is 0.546. The Labute approximate surface area is 139 Å². The van der Waals surface area contributed by atoms with Crippen molar-refractivity contribution in [2.24, 2.45) is 0 Å². The minimum Gasteiger partial charge on any atom is -0.459 e. The van der Waals surface area contributed by atoms with Crippen LogP contribution in [0.3, 0.4) is 0 Å². The molecule has 0 aliphatic carbocycles. The van der Waals surface area contributed by atoms with Crippen LogP contribution in [-0.4, -0.2) is 29.9 Å². The van der Waals surface area contributed by atoms with E-state index in [0.717, 1.165) is 24.2 Å². The average molecular weight is 333 g/mol. The maximum Gasteiger partial charge on any atom is 0.331 e. The van der Waals surface area contributed by atoms with Crippen molar-refractivity contribution in [3.63, 3.8) is 0 Å². The van der Waals surface area contributed by atoms with E-state index in [1.165, 1.54) is 6.26 Å². The predicted molar refractivity (Wildman–Crippen MR) is 87.8 cm³/mol. The van der Waals surface area contributed by atoms with Gasteiger partial charge in [0.25, 0.3) is 0 Å².